The lowest BCUT2D eigenvalue weighted by molar-refractivity contribution is -0.117. The smallest absolute Gasteiger partial charge is 0.238 e. The van der Waals surface area contributed by atoms with Gasteiger partial charge in [0, 0.05) is 17.7 Å². The molecule has 0 saturated carbocycles. The number of sulfone groups is 1. The molecule has 0 radical (unpaired) electrons. The summed E-state index contributed by atoms with van der Waals surface area (Å²) in [7, 11) is -1.29. The van der Waals surface area contributed by atoms with Crippen molar-refractivity contribution in [1.29, 1.82) is 0 Å². The highest BCUT2D eigenvalue weighted by Crippen LogP contribution is 2.35. The van der Waals surface area contributed by atoms with Crippen molar-refractivity contribution in [3.8, 4) is 11.5 Å². The van der Waals surface area contributed by atoms with Gasteiger partial charge in [0.25, 0.3) is 0 Å². The zero-order valence-electron chi connectivity index (χ0n) is 14.8. The van der Waals surface area contributed by atoms with Crippen LogP contribution < -0.4 is 14.8 Å². The van der Waals surface area contributed by atoms with Gasteiger partial charge in [0.15, 0.2) is 27.1 Å². The standard InChI is InChI=1S/C17H22N2O6S/c1-11(20)13-7-15-16(25-5-4-24-15)8-14(13)18-17(21)9-19(2)12-3-6-26(22,23)10-12/h7-8,12H,3-6,9-10H2,1-2H3,(H,18,21). The van der Waals surface area contributed by atoms with Gasteiger partial charge in [-0.1, -0.05) is 0 Å². The first-order valence-electron chi connectivity index (χ1n) is 8.40. The molecule has 0 spiro atoms. The Balaban J connectivity index is 1.71. The number of hydrogen-bond acceptors (Lipinski definition) is 7. The van der Waals surface area contributed by atoms with E-state index in [4.69, 9.17) is 9.47 Å². The Labute approximate surface area is 152 Å². The largest absolute Gasteiger partial charge is 0.486 e. The average molecular weight is 382 g/mol. The van der Waals surface area contributed by atoms with Crippen molar-refractivity contribution in [2.75, 3.05) is 43.6 Å². The summed E-state index contributed by atoms with van der Waals surface area (Å²) >= 11 is 0. The van der Waals surface area contributed by atoms with E-state index in [2.05, 4.69) is 5.32 Å². The van der Waals surface area contributed by atoms with Crippen LogP contribution in [-0.4, -0.2) is 69.4 Å². The van der Waals surface area contributed by atoms with Crippen molar-refractivity contribution in [3.05, 3.63) is 17.7 Å². The van der Waals surface area contributed by atoms with Crippen LogP contribution in [0.4, 0.5) is 5.69 Å². The van der Waals surface area contributed by atoms with Crippen molar-refractivity contribution in [3.63, 3.8) is 0 Å². The number of carbonyl (C=O) groups excluding carboxylic acids is 2. The Morgan fingerprint density at radius 2 is 1.88 bits per heavy atom. The summed E-state index contributed by atoms with van der Waals surface area (Å²) in [5.74, 6) is 0.655. The first kappa shape index (κ1) is 18.7. The zero-order valence-corrected chi connectivity index (χ0v) is 15.6. The van der Waals surface area contributed by atoms with Crippen molar-refractivity contribution >= 4 is 27.2 Å². The van der Waals surface area contributed by atoms with E-state index in [1.165, 1.54) is 6.92 Å². The molecule has 1 saturated heterocycles. The first-order valence-corrected chi connectivity index (χ1v) is 10.2. The predicted molar refractivity (Wildman–Crippen MR) is 95.8 cm³/mol. The summed E-state index contributed by atoms with van der Waals surface area (Å²) in [5.41, 5.74) is 0.702. The molecule has 8 nitrogen and oxygen atoms in total. The molecule has 0 aromatic heterocycles. The van der Waals surface area contributed by atoms with Crippen LogP contribution in [0.15, 0.2) is 12.1 Å². The summed E-state index contributed by atoms with van der Waals surface area (Å²) in [4.78, 5) is 26.0. The number of anilines is 1. The van der Waals surface area contributed by atoms with Gasteiger partial charge in [0.05, 0.1) is 23.7 Å². The monoisotopic (exact) mass is 382 g/mol. The summed E-state index contributed by atoms with van der Waals surface area (Å²) < 4.78 is 34.1. The van der Waals surface area contributed by atoms with Gasteiger partial charge >= 0.3 is 0 Å². The molecule has 1 aromatic rings. The van der Waals surface area contributed by atoms with Crippen molar-refractivity contribution in [2.24, 2.45) is 0 Å². The quantitative estimate of drug-likeness (QED) is 0.749. The minimum Gasteiger partial charge on any atom is -0.486 e. The van der Waals surface area contributed by atoms with E-state index in [9.17, 15) is 18.0 Å². The fourth-order valence-electron chi connectivity index (χ4n) is 3.15. The molecule has 0 aliphatic carbocycles. The van der Waals surface area contributed by atoms with Gasteiger partial charge in [-0.2, -0.15) is 0 Å². The van der Waals surface area contributed by atoms with Crippen LogP contribution in [-0.2, 0) is 14.6 Å². The second-order valence-electron chi connectivity index (χ2n) is 6.62. The lowest BCUT2D eigenvalue weighted by Crippen LogP contribution is -2.38. The van der Waals surface area contributed by atoms with E-state index in [1.807, 2.05) is 0 Å². The fourth-order valence-corrected chi connectivity index (χ4v) is 4.96. The highest BCUT2D eigenvalue weighted by Gasteiger charge is 2.31. The van der Waals surface area contributed by atoms with Crippen LogP contribution >= 0.6 is 0 Å². The molecule has 2 aliphatic rings. The van der Waals surface area contributed by atoms with Crippen LogP contribution in [0.5, 0.6) is 11.5 Å². The number of benzene rings is 1. The molecular formula is C17H22N2O6S. The van der Waals surface area contributed by atoms with E-state index in [1.54, 1.807) is 24.1 Å². The topological polar surface area (TPSA) is 102 Å². The van der Waals surface area contributed by atoms with E-state index in [0.717, 1.165) is 0 Å². The maximum atomic E-state index is 12.4. The molecule has 0 bridgehead atoms. The van der Waals surface area contributed by atoms with Crippen LogP contribution in [0.1, 0.15) is 23.7 Å². The van der Waals surface area contributed by atoms with E-state index in [-0.39, 0.29) is 35.8 Å². The SMILES string of the molecule is CC(=O)c1cc2c(cc1NC(=O)CN(C)C1CCS(=O)(=O)C1)OCCO2. The normalized spacial score (nSPS) is 20.8. The van der Waals surface area contributed by atoms with Crippen LogP contribution in [0.25, 0.3) is 0 Å². The van der Waals surface area contributed by atoms with Crippen LogP contribution in [0.2, 0.25) is 0 Å². The molecule has 1 amide bonds. The molecule has 26 heavy (non-hydrogen) atoms. The number of Topliss-reactive ketones (excluding diaryl/α,β-unsaturated/α-hetero) is 1. The summed E-state index contributed by atoms with van der Waals surface area (Å²) in [6.07, 6.45) is 0.523. The second kappa shape index (κ2) is 7.24. The maximum Gasteiger partial charge on any atom is 0.238 e. The number of amides is 1. The Morgan fingerprint density at radius 1 is 1.23 bits per heavy atom. The first-order chi connectivity index (χ1) is 12.2. The molecule has 1 N–H and O–H groups in total. The number of ether oxygens (including phenoxy) is 2. The van der Waals surface area contributed by atoms with Gasteiger partial charge < -0.3 is 14.8 Å². The Hall–Kier alpha value is -2.13. The van der Waals surface area contributed by atoms with Gasteiger partial charge in [0.2, 0.25) is 5.91 Å². The summed E-state index contributed by atoms with van der Waals surface area (Å²) in [6.45, 7) is 2.26. The number of likely N-dealkylation sites (N-methyl/N-ethyl adjacent to an activating group) is 1. The second-order valence-corrected chi connectivity index (χ2v) is 8.85. The van der Waals surface area contributed by atoms with Crippen LogP contribution in [0.3, 0.4) is 0 Å². The summed E-state index contributed by atoms with van der Waals surface area (Å²) in [6, 6.07) is 2.99. The molecule has 2 heterocycles. The molecule has 1 unspecified atom stereocenters. The van der Waals surface area contributed by atoms with Gasteiger partial charge in [-0.15, -0.1) is 0 Å². The molecule has 1 aromatic carbocycles. The van der Waals surface area contributed by atoms with E-state index in [0.29, 0.717) is 42.4 Å². The number of hydrogen-bond donors (Lipinski definition) is 1. The predicted octanol–water partition coefficient (Wildman–Crippen LogP) is 0.718. The molecule has 1 atom stereocenters. The highest BCUT2D eigenvalue weighted by molar-refractivity contribution is 7.91. The van der Waals surface area contributed by atoms with Crippen molar-refractivity contribution in [1.82, 2.24) is 4.90 Å². The van der Waals surface area contributed by atoms with E-state index < -0.39 is 9.84 Å². The lowest BCUT2D eigenvalue weighted by atomic mass is 10.1. The third kappa shape index (κ3) is 4.16. The lowest BCUT2D eigenvalue weighted by Gasteiger charge is -2.23. The number of ketones is 1. The number of nitrogens with one attached hydrogen (secondary N) is 1. The summed E-state index contributed by atoms with van der Waals surface area (Å²) in [5, 5.41) is 2.73. The minimum absolute atomic E-state index is 0.0337. The highest BCUT2D eigenvalue weighted by atomic mass is 32.2. The molecule has 1 fully saturated rings. The van der Waals surface area contributed by atoms with Gasteiger partial charge in [-0.05, 0) is 26.5 Å². The molecule has 142 valence electrons. The average Bonchev–Trinajstić information content (AvgIpc) is 2.94. The van der Waals surface area contributed by atoms with Gasteiger partial charge in [-0.25, -0.2) is 8.42 Å². The molecular weight excluding hydrogens is 360 g/mol. The van der Waals surface area contributed by atoms with Crippen molar-refractivity contribution in [2.45, 2.75) is 19.4 Å². The Morgan fingerprint density at radius 3 is 2.46 bits per heavy atom. The molecule has 2 aliphatic heterocycles. The molecule has 3 rings (SSSR count). The van der Waals surface area contributed by atoms with Crippen molar-refractivity contribution < 1.29 is 27.5 Å². The van der Waals surface area contributed by atoms with Gasteiger partial charge in [-0.3, -0.25) is 14.5 Å². The number of rotatable bonds is 5. The number of fused-ring (bicyclic) bond motifs is 1. The third-order valence-corrected chi connectivity index (χ3v) is 6.31. The number of carbonyl (C=O) groups is 2. The Bertz CT molecular complexity index is 836. The Kier molecular flexibility index (Phi) is 5.19. The maximum absolute atomic E-state index is 12.4. The minimum atomic E-state index is -3.01. The third-order valence-electron chi connectivity index (χ3n) is 4.56. The van der Waals surface area contributed by atoms with Gasteiger partial charge in [0.1, 0.15) is 13.2 Å². The molecule has 9 heteroatoms. The van der Waals surface area contributed by atoms with Crippen LogP contribution in [0, 0.1) is 0 Å². The number of nitrogens with zero attached hydrogens (tertiary/aromatic N) is 1. The van der Waals surface area contributed by atoms with E-state index >= 15 is 0 Å². The zero-order chi connectivity index (χ0) is 18.9. The fraction of sp³-hybridized carbons (Fsp3) is 0.529.